The number of benzene rings is 1. The lowest BCUT2D eigenvalue weighted by Gasteiger charge is -2.28. The smallest absolute Gasteiger partial charge is 0.315 e. The van der Waals surface area contributed by atoms with Crippen LogP contribution in [0.5, 0.6) is 5.75 Å². The maximum absolute atomic E-state index is 11.7. The minimum absolute atomic E-state index is 0.143. The molecule has 3 N–H and O–H groups in total. The van der Waals surface area contributed by atoms with Crippen LogP contribution in [-0.2, 0) is 0 Å². The van der Waals surface area contributed by atoms with Crippen molar-refractivity contribution in [3.63, 3.8) is 0 Å². The van der Waals surface area contributed by atoms with Gasteiger partial charge in [-0.1, -0.05) is 24.4 Å². The Kier molecular flexibility index (Phi) is 6.14. The summed E-state index contributed by atoms with van der Waals surface area (Å²) in [5.41, 5.74) is 0. The summed E-state index contributed by atoms with van der Waals surface area (Å²) in [7, 11) is 0. The molecule has 1 aliphatic carbocycles. The predicted octanol–water partition coefficient (Wildman–Crippen LogP) is 2.32. The molecule has 6 heteroatoms. The van der Waals surface area contributed by atoms with Crippen molar-refractivity contribution >= 4 is 17.6 Å². The number of urea groups is 1. The van der Waals surface area contributed by atoms with Crippen LogP contribution in [0.3, 0.4) is 0 Å². The number of aliphatic hydroxyl groups is 1. The molecule has 1 aromatic rings. The third-order valence-electron chi connectivity index (χ3n) is 3.52. The van der Waals surface area contributed by atoms with Crippen LogP contribution in [0.25, 0.3) is 0 Å². The topological polar surface area (TPSA) is 70.6 Å². The Bertz CT molecular complexity index is 453. The predicted molar refractivity (Wildman–Crippen MR) is 81.7 cm³/mol. The Morgan fingerprint density at radius 2 is 2.00 bits per heavy atom. The van der Waals surface area contributed by atoms with Gasteiger partial charge in [-0.05, 0) is 37.1 Å². The molecule has 0 aromatic heterocycles. The van der Waals surface area contributed by atoms with E-state index in [1.54, 1.807) is 24.3 Å². The summed E-state index contributed by atoms with van der Waals surface area (Å²) >= 11 is 5.78. The van der Waals surface area contributed by atoms with Crippen molar-refractivity contribution in [2.24, 2.45) is 0 Å². The summed E-state index contributed by atoms with van der Waals surface area (Å²) in [6.07, 6.45) is 3.22. The summed E-state index contributed by atoms with van der Waals surface area (Å²) < 4.78 is 5.47. The van der Waals surface area contributed by atoms with Gasteiger partial charge in [0.25, 0.3) is 0 Å². The first-order chi connectivity index (χ1) is 10.1. The van der Waals surface area contributed by atoms with Gasteiger partial charge in [0.2, 0.25) is 0 Å². The van der Waals surface area contributed by atoms with Crippen molar-refractivity contribution in [1.82, 2.24) is 10.6 Å². The normalized spacial score (nSPS) is 21.6. The largest absolute Gasteiger partial charge is 0.492 e. The van der Waals surface area contributed by atoms with Crippen LogP contribution < -0.4 is 15.4 Å². The zero-order chi connectivity index (χ0) is 15.1. The standard InChI is InChI=1S/C15H21ClN2O3/c16-11-5-7-12(8-6-11)21-10-9-17-15(20)18-13-3-1-2-4-14(13)19/h5-8,13-14,19H,1-4,9-10H2,(H2,17,18,20). The van der Waals surface area contributed by atoms with E-state index >= 15 is 0 Å². The van der Waals surface area contributed by atoms with E-state index in [4.69, 9.17) is 16.3 Å². The van der Waals surface area contributed by atoms with Crippen molar-refractivity contribution in [2.75, 3.05) is 13.2 Å². The van der Waals surface area contributed by atoms with E-state index in [0.717, 1.165) is 25.7 Å². The fourth-order valence-corrected chi connectivity index (χ4v) is 2.49. The van der Waals surface area contributed by atoms with E-state index in [1.165, 1.54) is 0 Å². The molecular formula is C15H21ClN2O3. The van der Waals surface area contributed by atoms with Crippen molar-refractivity contribution in [2.45, 2.75) is 37.8 Å². The van der Waals surface area contributed by atoms with Crippen LogP contribution in [0, 0.1) is 0 Å². The Morgan fingerprint density at radius 3 is 2.71 bits per heavy atom. The van der Waals surface area contributed by atoms with E-state index in [9.17, 15) is 9.90 Å². The molecule has 1 aromatic carbocycles. The van der Waals surface area contributed by atoms with Crippen LogP contribution in [0.1, 0.15) is 25.7 Å². The minimum atomic E-state index is -0.435. The molecule has 1 saturated carbocycles. The highest BCUT2D eigenvalue weighted by atomic mass is 35.5. The number of ether oxygens (including phenoxy) is 1. The number of halogens is 1. The second-order valence-corrected chi connectivity index (χ2v) is 5.60. The van der Waals surface area contributed by atoms with Crippen LogP contribution in [-0.4, -0.2) is 36.4 Å². The Balaban J connectivity index is 1.61. The lowest BCUT2D eigenvalue weighted by Crippen LogP contribution is -2.49. The Labute approximate surface area is 129 Å². The molecular weight excluding hydrogens is 292 g/mol. The van der Waals surface area contributed by atoms with Gasteiger partial charge in [-0.15, -0.1) is 0 Å². The molecule has 0 bridgehead atoms. The van der Waals surface area contributed by atoms with Gasteiger partial charge in [0, 0.05) is 5.02 Å². The molecule has 0 radical (unpaired) electrons. The molecule has 2 rings (SSSR count). The Hall–Kier alpha value is -1.46. The monoisotopic (exact) mass is 312 g/mol. The molecule has 1 aliphatic rings. The highest BCUT2D eigenvalue weighted by Crippen LogP contribution is 2.18. The van der Waals surface area contributed by atoms with E-state index in [1.807, 2.05) is 0 Å². The van der Waals surface area contributed by atoms with Crippen LogP contribution >= 0.6 is 11.6 Å². The molecule has 1 fully saturated rings. The summed E-state index contributed by atoms with van der Waals surface area (Å²) in [6.45, 7) is 0.777. The quantitative estimate of drug-likeness (QED) is 0.731. The van der Waals surface area contributed by atoms with E-state index in [2.05, 4.69) is 10.6 Å². The highest BCUT2D eigenvalue weighted by Gasteiger charge is 2.24. The average molecular weight is 313 g/mol. The summed E-state index contributed by atoms with van der Waals surface area (Å²) in [5.74, 6) is 0.712. The van der Waals surface area contributed by atoms with Gasteiger partial charge in [0.1, 0.15) is 12.4 Å². The lowest BCUT2D eigenvalue weighted by molar-refractivity contribution is 0.0942. The zero-order valence-electron chi connectivity index (χ0n) is 11.8. The first kappa shape index (κ1) is 15.9. The first-order valence-electron chi connectivity index (χ1n) is 7.26. The van der Waals surface area contributed by atoms with Crippen molar-refractivity contribution < 1.29 is 14.6 Å². The third-order valence-corrected chi connectivity index (χ3v) is 3.77. The second kappa shape index (κ2) is 8.10. The molecule has 0 saturated heterocycles. The first-order valence-corrected chi connectivity index (χ1v) is 7.64. The molecule has 0 spiro atoms. The minimum Gasteiger partial charge on any atom is -0.492 e. The number of carbonyl (C=O) groups is 1. The van der Waals surface area contributed by atoms with E-state index in [-0.39, 0.29) is 12.1 Å². The molecule has 116 valence electrons. The van der Waals surface area contributed by atoms with E-state index in [0.29, 0.717) is 23.9 Å². The molecule has 2 atom stereocenters. The number of rotatable bonds is 5. The van der Waals surface area contributed by atoms with Gasteiger partial charge >= 0.3 is 6.03 Å². The SMILES string of the molecule is O=C(NCCOc1ccc(Cl)cc1)NC1CCCCC1O. The molecule has 2 amide bonds. The van der Waals surface area contributed by atoms with Crippen molar-refractivity contribution in [3.8, 4) is 5.75 Å². The summed E-state index contributed by atoms with van der Waals surface area (Å²) in [5, 5.41) is 16.0. The zero-order valence-corrected chi connectivity index (χ0v) is 12.6. The van der Waals surface area contributed by atoms with Crippen LogP contribution in [0.2, 0.25) is 5.02 Å². The molecule has 0 aliphatic heterocycles. The fourth-order valence-electron chi connectivity index (χ4n) is 2.36. The maximum atomic E-state index is 11.7. The number of aliphatic hydroxyl groups excluding tert-OH is 1. The third kappa shape index (κ3) is 5.44. The molecule has 5 nitrogen and oxygen atoms in total. The van der Waals surface area contributed by atoms with Crippen molar-refractivity contribution in [3.05, 3.63) is 29.3 Å². The average Bonchev–Trinajstić information content (AvgIpc) is 2.48. The number of carbonyl (C=O) groups excluding carboxylic acids is 1. The van der Waals surface area contributed by atoms with Crippen LogP contribution in [0.4, 0.5) is 4.79 Å². The van der Waals surface area contributed by atoms with Gasteiger partial charge in [-0.2, -0.15) is 0 Å². The molecule has 0 heterocycles. The Morgan fingerprint density at radius 1 is 1.29 bits per heavy atom. The van der Waals surface area contributed by atoms with Gasteiger partial charge in [0.15, 0.2) is 0 Å². The van der Waals surface area contributed by atoms with E-state index < -0.39 is 6.10 Å². The van der Waals surface area contributed by atoms with Crippen molar-refractivity contribution in [1.29, 1.82) is 0 Å². The fraction of sp³-hybridized carbons (Fsp3) is 0.533. The number of hydrogen-bond acceptors (Lipinski definition) is 3. The molecule has 2 unspecified atom stereocenters. The van der Waals surface area contributed by atoms with Gasteiger partial charge in [-0.25, -0.2) is 4.79 Å². The number of nitrogens with one attached hydrogen (secondary N) is 2. The summed E-state index contributed by atoms with van der Waals surface area (Å²) in [6, 6.07) is 6.65. The van der Waals surface area contributed by atoms with Gasteiger partial charge in [-0.3, -0.25) is 0 Å². The molecule has 21 heavy (non-hydrogen) atoms. The second-order valence-electron chi connectivity index (χ2n) is 5.16. The van der Waals surface area contributed by atoms with Crippen LogP contribution in [0.15, 0.2) is 24.3 Å². The number of hydrogen-bond donors (Lipinski definition) is 3. The highest BCUT2D eigenvalue weighted by molar-refractivity contribution is 6.30. The van der Waals surface area contributed by atoms with Gasteiger partial charge < -0.3 is 20.5 Å². The number of amides is 2. The maximum Gasteiger partial charge on any atom is 0.315 e. The summed E-state index contributed by atoms with van der Waals surface area (Å²) in [4.78, 5) is 11.7. The van der Waals surface area contributed by atoms with Gasteiger partial charge in [0.05, 0.1) is 18.7 Å². The lowest BCUT2D eigenvalue weighted by atomic mass is 9.93.